The van der Waals surface area contributed by atoms with Gasteiger partial charge in [-0.15, -0.1) is 0 Å². The van der Waals surface area contributed by atoms with Crippen LogP contribution in [0.4, 0.5) is 0 Å². The summed E-state index contributed by atoms with van der Waals surface area (Å²) in [6.45, 7) is 1.64. The SMILES string of the molecule is CC(O)Cc1ncccc1C(N)=O. The summed E-state index contributed by atoms with van der Waals surface area (Å²) in [6.07, 6.45) is 1.40. The molecule has 13 heavy (non-hydrogen) atoms. The first-order valence-electron chi connectivity index (χ1n) is 4.03. The Bertz CT molecular complexity index is 310. The molecule has 0 aliphatic carbocycles. The summed E-state index contributed by atoms with van der Waals surface area (Å²) >= 11 is 0. The fraction of sp³-hybridized carbons (Fsp3) is 0.333. The highest BCUT2D eigenvalue weighted by atomic mass is 16.3. The Hall–Kier alpha value is -1.42. The third kappa shape index (κ3) is 2.52. The topological polar surface area (TPSA) is 76.2 Å². The van der Waals surface area contributed by atoms with Crippen molar-refractivity contribution in [3.05, 3.63) is 29.6 Å². The quantitative estimate of drug-likeness (QED) is 0.692. The Morgan fingerprint density at radius 3 is 3.00 bits per heavy atom. The summed E-state index contributed by atoms with van der Waals surface area (Å²) in [5.41, 5.74) is 6.05. The van der Waals surface area contributed by atoms with Gasteiger partial charge in [-0.1, -0.05) is 0 Å². The lowest BCUT2D eigenvalue weighted by Crippen LogP contribution is -2.17. The van der Waals surface area contributed by atoms with Gasteiger partial charge in [0, 0.05) is 12.6 Å². The molecule has 0 aliphatic rings. The van der Waals surface area contributed by atoms with Gasteiger partial charge in [-0.3, -0.25) is 9.78 Å². The molecule has 3 N–H and O–H groups in total. The van der Waals surface area contributed by atoms with Crippen molar-refractivity contribution >= 4 is 5.91 Å². The fourth-order valence-electron chi connectivity index (χ4n) is 1.10. The average Bonchev–Trinajstić information content (AvgIpc) is 2.03. The summed E-state index contributed by atoms with van der Waals surface area (Å²) in [5, 5.41) is 9.12. The van der Waals surface area contributed by atoms with Crippen molar-refractivity contribution in [1.29, 1.82) is 0 Å². The number of hydrogen-bond acceptors (Lipinski definition) is 3. The molecule has 1 aromatic heterocycles. The van der Waals surface area contributed by atoms with E-state index < -0.39 is 12.0 Å². The van der Waals surface area contributed by atoms with Crippen LogP contribution < -0.4 is 5.73 Å². The van der Waals surface area contributed by atoms with Gasteiger partial charge in [-0.25, -0.2) is 0 Å². The van der Waals surface area contributed by atoms with Crippen LogP contribution in [-0.2, 0) is 6.42 Å². The van der Waals surface area contributed by atoms with E-state index in [2.05, 4.69) is 4.98 Å². The normalized spacial score (nSPS) is 12.5. The molecule has 0 aromatic carbocycles. The van der Waals surface area contributed by atoms with Gasteiger partial charge in [0.05, 0.1) is 17.4 Å². The molecule has 0 aliphatic heterocycles. The van der Waals surface area contributed by atoms with E-state index in [1.165, 1.54) is 0 Å². The number of rotatable bonds is 3. The maximum absolute atomic E-state index is 10.9. The first kappa shape index (κ1) is 9.67. The lowest BCUT2D eigenvalue weighted by atomic mass is 10.1. The summed E-state index contributed by atoms with van der Waals surface area (Å²) in [6, 6.07) is 3.25. The molecule has 0 fully saturated rings. The Labute approximate surface area is 76.4 Å². The lowest BCUT2D eigenvalue weighted by Gasteiger charge is -2.06. The van der Waals surface area contributed by atoms with Gasteiger partial charge in [0.2, 0.25) is 0 Å². The van der Waals surface area contributed by atoms with Gasteiger partial charge in [0.15, 0.2) is 0 Å². The van der Waals surface area contributed by atoms with Crippen molar-refractivity contribution in [2.24, 2.45) is 5.73 Å². The van der Waals surface area contributed by atoms with Crippen LogP contribution in [0.2, 0.25) is 0 Å². The summed E-state index contributed by atoms with van der Waals surface area (Å²) in [7, 11) is 0. The number of aromatic nitrogens is 1. The molecule has 70 valence electrons. The van der Waals surface area contributed by atoms with E-state index in [1.54, 1.807) is 25.3 Å². The predicted molar refractivity (Wildman–Crippen MR) is 48.1 cm³/mol. The van der Waals surface area contributed by atoms with Crippen LogP contribution >= 0.6 is 0 Å². The molecule has 0 saturated heterocycles. The van der Waals surface area contributed by atoms with E-state index in [4.69, 9.17) is 10.8 Å². The molecular weight excluding hydrogens is 168 g/mol. The number of nitrogens with zero attached hydrogens (tertiary/aromatic N) is 1. The molecule has 1 aromatic rings. The van der Waals surface area contributed by atoms with Gasteiger partial charge in [-0.05, 0) is 19.1 Å². The second-order valence-corrected chi connectivity index (χ2v) is 2.92. The van der Waals surface area contributed by atoms with Crippen LogP contribution in [0.25, 0.3) is 0 Å². The minimum atomic E-state index is -0.520. The maximum atomic E-state index is 10.9. The molecule has 1 unspecified atom stereocenters. The third-order valence-electron chi connectivity index (χ3n) is 1.64. The van der Waals surface area contributed by atoms with Crippen LogP contribution in [0, 0.1) is 0 Å². The molecular formula is C9H12N2O2. The van der Waals surface area contributed by atoms with Crippen molar-refractivity contribution in [2.75, 3.05) is 0 Å². The molecule has 0 radical (unpaired) electrons. The Morgan fingerprint density at radius 2 is 2.46 bits per heavy atom. The standard InChI is InChI=1S/C9H12N2O2/c1-6(12)5-8-7(9(10)13)3-2-4-11-8/h2-4,6,12H,5H2,1H3,(H2,10,13). The lowest BCUT2D eigenvalue weighted by molar-refractivity contribution is 0.0998. The number of primary amides is 1. The minimum absolute atomic E-state index is 0.346. The van der Waals surface area contributed by atoms with Crippen LogP contribution in [0.3, 0.4) is 0 Å². The number of amides is 1. The summed E-state index contributed by atoms with van der Waals surface area (Å²) in [5.74, 6) is -0.510. The van der Waals surface area contributed by atoms with Crippen LogP contribution in [-0.4, -0.2) is 22.1 Å². The van der Waals surface area contributed by atoms with Crippen LogP contribution in [0.1, 0.15) is 23.0 Å². The Balaban J connectivity index is 2.98. The zero-order valence-corrected chi connectivity index (χ0v) is 7.40. The number of aliphatic hydroxyl groups excluding tert-OH is 1. The summed E-state index contributed by atoms with van der Waals surface area (Å²) in [4.78, 5) is 14.9. The molecule has 1 atom stereocenters. The molecule has 1 rings (SSSR count). The molecule has 1 heterocycles. The number of carbonyl (C=O) groups excluding carboxylic acids is 1. The fourth-order valence-corrected chi connectivity index (χ4v) is 1.10. The van der Waals surface area contributed by atoms with E-state index >= 15 is 0 Å². The average molecular weight is 180 g/mol. The number of hydrogen-bond donors (Lipinski definition) is 2. The summed E-state index contributed by atoms with van der Waals surface area (Å²) < 4.78 is 0. The van der Waals surface area contributed by atoms with Crippen molar-refractivity contribution in [3.8, 4) is 0 Å². The first-order valence-corrected chi connectivity index (χ1v) is 4.03. The highest BCUT2D eigenvalue weighted by molar-refractivity contribution is 5.93. The van der Waals surface area contributed by atoms with Crippen molar-refractivity contribution in [2.45, 2.75) is 19.4 Å². The van der Waals surface area contributed by atoms with Gasteiger partial charge in [0.25, 0.3) is 5.91 Å². The zero-order valence-electron chi connectivity index (χ0n) is 7.40. The van der Waals surface area contributed by atoms with E-state index in [9.17, 15) is 4.79 Å². The van der Waals surface area contributed by atoms with E-state index in [1.807, 2.05) is 0 Å². The minimum Gasteiger partial charge on any atom is -0.393 e. The van der Waals surface area contributed by atoms with Crippen LogP contribution in [0.15, 0.2) is 18.3 Å². The largest absolute Gasteiger partial charge is 0.393 e. The Kier molecular flexibility index (Phi) is 2.97. The van der Waals surface area contributed by atoms with Crippen molar-refractivity contribution in [1.82, 2.24) is 4.98 Å². The second kappa shape index (κ2) is 4.00. The molecule has 4 heteroatoms. The smallest absolute Gasteiger partial charge is 0.250 e. The monoisotopic (exact) mass is 180 g/mol. The Morgan fingerprint density at radius 1 is 1.77 bits per heavy atom. The molecule has 0 saturated carbocycles. The van der Waals surface area contributed by atoms with Gasteiger partial charge in [0.1, 0.15) is 0 Å². The highest BCUT2D eigenvalue weighted by Gasteiger charge is 2.10. The number of nitrogens with two attached hydrogens (primary N) is 1. The van der Waals surface area contributed by atoms with E-state index in [-0.39, 0.29) is 0 Å². The van der Waals surface area contributed by atoms with Crippen LogP contribution in [0.5, 0.6) is 0 Å². The maximum Gasteiger partial charge on any atom is 0.250 e. The van der Waals surface area contributed by atoms with E-state index in [0.29, 0.717) is 17.7 Å². The molecule has 4 nitrogen and oxygen atoms in total. The molecule has 0 bridgehead atoms. The number of carbonyl (C=O) groups is 1. The predicted octanol–water partition coefficient (Wildman–Crippen LogP) is 0.104. The first-order chi connectivity index (χ1) is 6.11. The third-order valence-corrected chi connectivity index (χ3v) is 1.64. The highest BCUT2D eigenvalue weighted by Crippen LogP contribution is 2.06. The molecule has 0 spiro atoms. The van der Waals surface area contributed by atoms with Crippen molar-refractivity contribution in [3.63, 3.8) is 0 Å². The van der Waals surface area contributed by atoms with Crippen molar-refractivity contribution < 1.29 is 9.90 Å². The van der Waals surface area contributed by atoms with Gasteiger partial charge < -0.3 is 10.8 Å². The molecule has 1 amide bonds. The number of pyridine rings is 1. The number of aliphatic hydroxyl groups is 1. The van der Waals surface area contributed by atoms with Gasteiger partial charge >= 0.3 is 0 Å². The van der Waals surface area contributed by atoms with Gasteiger partial charge in [-0.2, -0.15) is 0 Å². The van der Waals surface area contributed by atoms with E-state index in [0.717, 1.165) is 0 Å². The zero-order chi connectivity index (χ0) is 9.84. The second-order valence-electron chi connectivity index (χ2n) is 2.92.